The summed E-state index contributed by atoms with van der Waals surface area (Å²) in [6.45, 7) is 0. The molecule has 2 heteroatoms. The maximum atomic E-state index is 11.8. The molecule has 0 aromatic heterocycles. The number of hydrogen-bond donors (Lipinski definition) is 0. The molecule has 3 aromatic carbocycles. The molecule has 3 aromatic rings. The fourth-order valence-electron chi connectivity index (χ4n) is 3.35. The van der Waals surface area contributed by atoms with Crippen LogP contribution < -0.4 is 4.90 Å². The minimum Gasteiger partial charge on any atom is -0.327 e. The molecule has 1 aliphatic heterocycles. The molecular weight excluding hydrogens is 294 g/mol. The average molecular weight is 311 g/mol. The first-order valence-corrected chi connectivity index (χ1v) is 8.03. The molecule has 116 valence electrons. The number of anilines is 1. The molecule has 24 heavy (non-hydrogen) atoms. The van der Waals surface area contributed by atoms with Crippen LogP contribution in [0.2, 0.25) is 0 Å². The Labute approximate surface area is 141 Å². The van der Waals surface area contributed by atoms with Crippen LogP contribution in [-0.4, -0.2) is 6.29 Å². The lowest BCUT2D eigenvalue weighted by Gasteiger charge is -2.38. The van der Waals surface area contributed by atoms with Crippen molar-refractivity contribution in [2.75, 3.05) is 4.90 Å². The molecule has 0 amide bonds. The number of fused-ring (bicyclic) bond motifs is 1. The highest BCUT2D eigenvalue weighted by Gasteiger charge is 2.30. The minimum atomic E-state index is -0.0185. The van der Waals surface area contributed by atoms with Gasteiger partial charge in [-0.1, -0.05) is 72.8 Å². The van der Waals surface area contributed by atoms with Gasteiger partial charge in [-0.05, 0) is 34.9 Å². The number of nitrogens with zero attached hydrogens (tertiary/aromatic N) is 1. The quantitative estimate of drug-likeness (QED) is 0.645. The number of aldehydes is 1. The van der Waals surface area contributed by atoms with Crippen LogP contribution in [0.5, 0.6) is 0 Å². The maximum absolute atomic E-state index is 11.8. The summed E-state index contributed by atoms with van der Waals surface area (Å²) in [6.07, 6.45) is 2.91. The molecule has 0 radical (unpaired) electrons. The summed E-state index contributed by atoms with van der Waals surface area (Å²) in [4.78, 5) is 13.9. The molecule has 0 spiro atoms. The first kappa shape index (κ1) is 14.5. The van der Waals surface area contributed by atoms with Crippen molar-refractivity contribution >= 4 is 18.0 Å². The highest BCUT2D eigenvalue weighted by atomic mass is 16.1. The molecule has 4 rings (SSSR count). The summed E-state index contributed by atoms with van der Waals surface area (Å²) in [5.41, 5.74) is 5.16. The van der Waals surface area contributed by atoms with Gasteiger partial charge in [-0.2, -0.15) is 0 Å². The first-order chi connectivity index (χ1) is 11.9. The summed E-state index contributed by atoms with van der Waals surface area (Å²) >= 11 is 0. The van der Waals surface area contributed by atoms with Gasteiger partial charge in [-0.15, -0.1) is 0 Å². The molecular formula is C22H17NO. The molecule has 0 saturated carbocycles. The molecule has 0 N–H and O–H groups in total. The van der Waals surface area contributed by atoms with E-state index in [4.69, 9.17) is 0 Å². The number of carbonyl (C=O) groups is 1. The Hall–Kier alpha value is -3.13. The zero-order valence-corrected chi connectivity index (χ0v) is 13.2. The van der Waals surface area contributed by atoms with Crippen molar-refractivity contribution in [2.24, 2.45) is 0 Å². The summed E-state index contributed by atoms with van der Waals surface area (Å²) in [5.74, 6) is 0. The number of para-hydroxylation sites is 1. The lowest BCUT2D eigenvalue weighted by atomic mass is 9.88. The summed E-state index contributed by atoms with van der Waals surface area (Å²) < 4.78 is 0. The SMILES string of the molecule is O=CC1=Cc2ccccc2C(c2ccccc2)N1c1ccccc1. The van der Waals surface area contributed by atoms with Gasteiger partial charge in [0.25, 0.3) is 0 Å². The van der Waals surface area contributed by atoms with Gasteiger partial charge in [0, 0.05) is 5.69 Å². The fraction of sp³-hybridized carbons (Fsp3) is 0.0455. The van der Waals surface area contributed by atoms with Crippen LogP contribution in [0.3, 0.4) is 0 Å². The Bertz CT molecular complexity index is 884. The van der Waals surface area contributed by atoms with Crippen LogP contribution in [0, 0.1) is 0 Å². The van der Waals surface area contributed by atoms with Gasteiger partial charge < -0.3 is 4.90 Å². The first-order valence-electron chi connectivity index (χ1n) is 8.03. The number of hydrogen-bond acceptors (Lipinski definition) is 2. The molecule has 0 saturated heterocycles. The molecule has 1 heterocycles. The number of carbonyl (C=O) groups excluding carboxylic acids is 1. The molecule has 1 aliphatic rings. The van der Waals surface area contributed by atoms with Crippen molar-refractivity contribution in [3.05, 3.63) is 107 Å². The predicted octanol–water partition coefficient (Wildman–Crippen LogP) is 4.84. The van der Waals surface area contributed by atoms with Gasteiger partial charge in [-0.3, -0.25) is 4.79 Å². The Morgan fingerprint density at radius 3 is 2.08 bits per heavy atom. The molecule has 0 fully saturated rings. The van der Waals surface area contributed by atoms with Crippen LogP contribution in [0.4, 0.5) is 5.69 Å². The van der Waals surface area contributed by atoms with Gasteiger partial charge in [0.15, 0.2) is 6.29 Å². The fourth-order valence-corrected chi connectivity index (χ4v) is 3.35. The second-order valence-electron chi connectivity index (χ2n) is 5.83. The molecule has 2 nitrogen and oxygen atoms in total. The number of allylic oxidation sites excluding steroid dienone is 1. The topological polar surface area (TPSA) is 20.3 Å². The Morgan fingerprint density at radius 1 is 0.750 bits per heavy atom. The third-order valence-electron chi connectivity index (χ3n) is 4.40. The average Bonchev–Trinajstić information content (AvgIpc) is 2.67. The predicted molar refractivity (Wildman–Crippen MR) is 97.7 cm³/mol. The van der Waals surface area contributed by atoms with E-state index in [1.54, 1.807) is 0 Å². The van der Waals surface area contributed by atoms with E-state index in [2.05, 4.69) is 35.2 Å². The Morgan fingerprint density at radius 2 is 1.38 bits per heavy atom. The third kappa shape index (κ3) is 2.42. The summed E-state index contributed by atoms with van der Waals surface area (Å²) in [6, 6.07) is 28.7. The van der Waals surface area contributed by atoms with Gasteiger partial charge in [0.2, 0.25) is 0 Å². The monoisotopic (exact) mass is 311 g/mol. The van der Waals surface area contributed by atoms with Crippen LogP contribution in [0.1, 0.15) is 22.7 Å². The molecule has 0 aliphatic carbocycles. The summed E-state index contributed by atoms with van der Waals surface area (Å²) in [5, 5.41) is 0. The highest BCUT2D eigenvalue weighted by Crippen LogP contribution is 2.40. The van der Waals surface area contributed by atoms with Gasteiger partial charge >= 0.3 is 0 Å². The Balaban J connectivity index is 1.97. The number of benzene rings is 3. The van der Waals surface area contributed by atoms with E-state index >= 15 is 0 Å². The second kappa shape index (κ2) is 6.17. The van der Waals surface area contributed by atoms with E-state index in [-0.39, 0.29) is 6.04 Å². The molecule has 1 atom stereocenters. The second-order valence-corrected chi connectivity index (χ2v) is 5.83. The van der Waals surface area contributed by atoms with Gasteiger partial charge in [0.05, 0.1) is 11.7 Å². The lowest BCUT2D eigenvalue weighted by Crippen LogP contribution is -2.32. The number of rotatable bonds is 3. The van der Waals surface area contributed by atoms with Crippen molar-refractivity contribution in [3.63, 3.8) is 0 Å². The normalized spacial score (nSPS) is 16.2. The van der Waals surface area contributed by atoms with E-state index in [0.29, 0.717) is 5.70 Å². The highest BCUT2D eigenvalue weighted by molar-refractivity contribution is 5.90. The zero-order chi connectivity index (χ0) is 16.4. The van der Waals surface area contributed by atoms with E-state index in [0.717, 1.165) is 17.5 Å². The van der Waals surface area contributed by atoms with E-state index in [9.17, 15) is 4.79 Å². The standard InChI is InChI=1S/C22H17NO/c24-16-20-15-18-11-7-8-14-21(18)22(17-9-3-1-4-10-17)23(20)19-12-5-2-6-13-19/h1-16,22H. The van der Waals surface area contributed by atoms with E-state index < -0.39 is 0 Å². The van der Waals surface area contributed by atoms with Gasteiger partial charge in [-0.25, -0.2) is 0 Å². The van der Waals surface area contributed by atoms with Gasteiger partial charge in [0.1, 0.15) is 0 Å². The molecule has 0 bridgehead atoms. The third-order valence-corrected chi connectivity index (χ3v) is 4.40. The maximum Gasteiger partial charge on any atom is 0.166 e. The largest absolute Gasteiger partial charge is 0.327 e. The lowest BCUT2D eigenvalue weighted by molar-refractivity contribution is -0.105. The van der Waals surface area contributed by atoms with Crippen LogP contribution in [-0.2, 0) is 4.79 Å². The minimum absolute atomic E-state index is 0.0185. The molecule has 1 unspecified atom stereocenters. The van der Waals surface area contributed by atoms with Crippen LogP contribution in [0.25, 0.3) is 6.08 Å². The van der Waals surface area contributed by atoms with Crippen LogP contribution in [0.15, 0.2) is 90.6 Å². The van der Waals surface area contributed by atoms with E-state index in [1.807, 2.05) is 60.7 Å². The van der Waals surface area contributed by atoms with Crippen molar-refractivity contribution < 1.29 is 4.79 Å². The van der Waals surface area contributed by atoms with Crippen LogP contribution >= 0.6 is 0 Å². The van der Waals surface area contributed by atoms with Crippen molar-refractivity contribution in [3.8, 4) is 0 Å². The van der Waals surface area contributed by atoms with E-state index in [1.165, 1.54) is 11.1 Å². The summed E-state index contributed by atoms with van der Waals surface area (Å²) in [7, 11) is 0. The smallest absolute Gasteiger partial charge is 0.166 e. The van der Waals surface area contributed by atoms with Crippen molar-refractivity contribution in [1.82, 2.24) is 0 Å². The Kier molecular flexibility index (Phi) is 3.72. The van der Waals surface area contributed by atoms with Crippen molar-refractivity contribution in [1.29, 1.82) is 0 Å². The van der Waals surface area contributed by atoms with Crippen molar-refractivity contribution in [2.45, 2.75) is 6.04 Å². The zero-order valence-electron chi connectivity index (χ0n) is 13.2.